The number of pyridine rings is 1. The van der Waals surface area contributed by atoms with E-state index in [2.05, 4.69) is 28.3 Å². The van der Waals surface area contributed by atoms with Crippen molar-refractivity contribution in [1.82, 2.24) is 10.4 Å². The Morgan fingerprint density at radius 1 is 1.50 bits per heavy atom. The van der Waals surface area contributed by atoms with Crippen molar-refractivity contribution in [3.05, 3.63) is 30.1 Å². The number of nitrogens with zero attached hydrogens (tertiary/aromatic N) is 1. The highest BCUT2D eigenvalue weighted by Crippen LogP contribution is 2.06. The highest BCUT2D eigenvalue weighted by atomic mass is 15.2. The van der Waals surface area contributed by atoms with E-state index in [1.807, 2.05) is 19.2 Å². The molecule has 0 spiro atoms. The Kier molecular flexibility index (Phi) is 6.24. The molecule has 1 rings (SSSR count). The van der Waals surface area contributed by atoms with Crippen LogP contribution in [-0.4, -0.2) is 11.0 Å². The van der Waals surface area contributed by atoms with E-state index in [1.165, 1.54) is 5.56 Å². The fourth-order valence-corrected chi connectivity index (χ4v) is 1.57. The quantitative estimate of drug-likeness (QED) is 0.433. The van der Waals surface area contributed by atoms with E-state index in [9.17, 15) is 0 Å². The maximum atomic E-state index is 5.51. The topological polar surface area (TPSA) is 50.9 Å². The smallest absolute Gasteiger partial charge is 0.0299 e. The molecule has 0 aliphatic rings. The predicted molar refractivity (Wildman–Crippen MR) is 66.4 cm³/mol. The largest absolute Gasteiger partial charge is 0.271 e. The number of rotatable bonds is 6. The van der Waals surface area contributed by atoms with Gasteiger partial charge in [0.05, 0.1) is 0 Å². The fraction of sp³-hybridized carbons (Fsp3) is 0.462. The third kappa shape index (κ3) is 4.92. The maximum absolute atomic E-state index is 5.51. The van der Waals surface area contributed by atoms with Crippen LogP contribution >= 0.6 is 0 Å². The second-order valence-electron chi connectivity index (χ2n) is 3.73. The molecule has 0 fully saturated rings. The number of hydrazine groups is 1. The Balaban J connectivity index is 2.30. The number of aryl methyl sites for hydroxylation is 1. The SMILES string of the molecule is CC#CCCC(CCc1cccnc1)NN. The average molecular weight is 217 g/mol. The molecule has 1 atom stereocenters. The number of nitrogens with two attached hydrogens (primary N) is 1. The van der Waals surface area contributed by atoms with Gasteiger partial charge in [0.2, 0.25) is 0 Å². The molecule has 1 heterocycles. The van der Waals surface area contributed by atoms with Crippen LogP contribution in [0.15, 0.2) is 24.5 Å². The maximum Gasteiger partial charge on any atom is 0.0299 e. The third-order valence-electron chi connectivity index (χ3n) is 2.53. The van der Waals surface area contributed by atoms with Crippen molar-refractivity contribution in [3.63, 3.8) is 0 Å². The van der Waals surface area contributed by atoms with Crippen molar-refractivity contribution < 1.29 is 0 Å². The van der Waals surface area contributed by atoms with Crippen molar-refractivity contribution in [2.24, 2.45) is 5.84 Å². The molecule has 1 aromatic rings. The molecule has 3 N–H and O–H groups in total. The van der Waals surface area contributed by atoms with Crippen LogP contribution < -0.4 is 11.3 Å². The van der Waals surface area contributed by atoms with Crippen LogP contribution in [0.1, 0.15) is 31.7 Å². The lowest BCUT2D eigenvalue weighted by molar-refractivity contribution is 0.469. The summed E-state index contributed by atoms with van der Waals surface area (Å²) in [6, 6.07) is 4.39. The minimum Gasteiger partial charge on any atom is -0.271 e. The molecule has 1 unspecified atom stereocenters. The van der Waals surface area contributed by atoms with Gasteiger partial charge < -0.3 is 0 Å². The monoisotopic (exact) mass is 217 g/mol. The van der Waals surface area contributed by atoms with Crippen molar-refractivity contribution >= 4 is 0 Å². The van der Waals surface area contributed by atoms with E-state index < -0.39 is 0 Å². The molecule has 1 aromatic heterocycles. The Morgan fingerprint density at radius 3 is 3.00 bits per heavy atom. The van der Waals surface area contributed by atoms with Crippen molar-refractivity contribution in [2.75, 3.05) is 0 Å². The highest BCUT2D eigenvalue weighted by molar-refractivity contribution is 5.08. The van der Waals surface area contributed by atoms with Crippen molar-refractivity contribution in [1.29, 1.82) is 0 Å². The lowest BCUT2D eigenvalue weighted by Gasteiger charge is -2.13. The molecule has 0 aromatic carbocycles. The zero-order chi connectivity index (χ0) is 11.6. The van der Waals surface area contributed by atoms with Gasteiger partial charge in [-0.2, -0.15) is 0 Å². The van der Waals surface area contributed by atoms with Gasteiger partial charge in [0, 0.05) is 24.9 Å². The summed E-state index contributed by atoms with van der Waals surface area (Å²) in [7, 11) is 0. The number of hydrogen-bond donors (Lipinski definition) is 2. The van der Waals surface area contributed by atoms with Crippen molar-refractivity contribution in [3.8, 4) is 11.8 Å². The van der Waals surface area contributed by atoms with Crippen LogP contribution in [0.2, 0.25) is 0 Å². The molecule has 0 radical (unpaired) electrons. The molecule has 0 saturated carbocycles. The van der Waals surface area contributed by atoms with E-state index >= 15 is 0 Å². The standard InChI is InChI=1S/C13H19N3/c1-2-3-4-7-13(16-14)9-8-12-6-5-10-15-11-12/h5-6,10-11,13,16H,4,7-9,14H2,1H3. The number of aromatic nitrogens is 1. The first kappa shape index (κ1) is 12.7. The van der Waals surface area contributed by atoms with Gasteiger partial charge in [-0.25, -0.2) is 0 Å². The van der Waals surface area contributed by atoms with Crippen LogP contribution in [0.3, 0.4) is 0 Å². The second-order valence-corrected chi connectivity index (χ2v) is 3.73. The first-order valence-corrected chi connectivity index (χ1v) is 5.61. The second kappa shape index (κ2) is 7.86. The van der Waals surface area contributed by atoms with E-state index in [0.29, 0.717) is 6.04 Å². The molecule has 0 bridgehead atoms. The normalized spacial score (nSPS) is 11.6. The summed E-state index contributed by atoms with van der Waals surface area (Å²) in [6.45, 7) is 1.86. The molecule has 0 aliphatic heterocycles. The molecule has 16 heavy (non-hydrogen) atoms. The summed E-state index contributed by atoms with van der Waals surface area (Å²) in [4.78, 5) is 4.09. The Hall–Kier alpha value is -1.37. The van der Waals surface area contributed by atoms with Gasteiger partial charge in [-0.05, 0) is 37.8 Å². The molecule has 0 aliphatic carbocycles. The number of hydrogen-bond acceptors (Lipinski definition) is 3. The molecule has 86 valence electrons. The van der Waals surface area contributed by atoms with E-state index in [0.717, 1.165) is 25.7 Å². The van der Waals surface area contributed by atoms with E-state index in [-0.39, 0.29) is 0 Å². The van der Waals surface area contributed by atoms with Crippen LogP contribution in [0.5, 0.6) is 0 Å². The van der Waals surface area contributed by atoms with E-state index in [4.69, 9.17) is 5.84 Å². The lowest BCUT2D eigenvalue weighted by Crippen LogP contribution is -2.35. The van der Waals surface area contributed by atoms with Crippen molar-refractivity contribution in [2.45, 2.75) is 38.6 Å². The third-order valence-corrected chi connectivity index (χ3v) is 2.53. The molecular formula is C13H19N3. The van der Waals surface area contributed by atoms with Gasteiger partial charge in [-0.3, -0.25) is 16.3 Å². The zero-order valence-corrected chi connectivity index (χ0v) is 9.74. The highest BCUT2D eigenvalue weighted by Gasteiger charge is 2.05. The van der Waals surface area contributed by atoms with Gasteiger partial charge in [0.25, 0.3) is 0 Å². The first-order valence-electron chi connectivity index (χ1n) is 5.61. The zero-order valence-electron chi connectivity index (χ0n) is 9.74. The van der Waals surface area contributed by atoms with Gasteiger partial charge in [-0.1, -0.05) is 6.07 Å². The summed E-state index contributed by atoms with van der Waals surface area (Å²) in [5.41, 5.74) is 4.10. The molecule has 0 saturated heterocycles. The average Bonchev–Trinajstić information content (AvgIpc) is 2.35. The summed E-state index contributed by atoms with van der Waals surface area (Å²) in [6.07, 6.45) is 7.62. The first-order chi connectivity index (χ1) is 7.86. The summed E-state index contributed by atoms with van der Waals surface area (Å²) < 4.78 is 0. The van der Waals surface area contributed by atoms with Gasteiger partial charge in [0.15, 0.2) is 0 Å². The van der Waals surface area contributed by atoms with Gasteiger partial charge in [0.1, 0.15) is 0 Å². The van der Waals surface area contributed by atoms with Gasteiger partial charge >= 0.3 is 0 Å². The molecule has 3 heteroatoms. The Morgan fingerprint density at radius 2 is 2.38 bits per heavy atom. The molecule has 0 amide bonds. The lowest BCUT2D eigenvalue weighted by atomic mass is 10.0. The fourth-order valence-electron chi connectivity index (χ4n) is 1.57. The summed E-state index contributed by atoms with van der Waals surface area (Å²) >= 11 is 0. The van der Waals surface area contributed by atoms with Crippen LogP contribution in [0, 0.1) is 11.8 Å². The number of nitrogens with one attached hydrogen (secondary N) is 1. The van der Waals surface area contributed by atoms with Crippen LogP contribution in [0.25, 0.3) is 0 Å². The van der Waals surface area contributed by atoms with Crippen LogP contribution in [0.4, 0.5) is 0 Å². The Bertz CT molecular complexity index is 337. The molecular weight excluding hydrogens is 198 g/mol. The minimum atomic E-state index is 0.334. The summed E-state index contributed by atoms with van der Waals surface area (Å²) in [5, 5.41) is 0. The summed E-state index contributed by atoms with van der Waals surface area (Å²) in [5.74, 6) is 11.5. The van der Waals surface area contributed by atoms with E-state index in [1.54, 1.807) is 6.20 Å². The van der Waals surface area contributed by atoms with Gasteiger partial charge in [-0.15, -0.1) is 11.8 Å². The molecule has 3 nitrogen and oxygen atoms in total. The minimum absolute atomic E-state index is 0.334. The Labute approximate surface area is 97.4 Å². The predicted octanol–water partition coefficient (Wildman–Crippen LogP) is 1.65. The van der Waals surface area contributed by atoms with Crippen LogP contribution in [-0.2, 0) is 6.42 Å².